The first kappa shape index (κ1) is 13.7. The largest absolute Gasteiger partial charge is 0.363 e. The zero-order valence-electron chi connectivity index (χ0n) is 10.8. The molecule has 0 bridgehead atoms. The molecule has 0 aromatic carbocycles. The van der Waals surface area contributed by atoms with Crippen molar-refractivity contribution >= 4 is 17.3 Å². The van der Waals surface area contributed by atoms with Crippen LogP contribution in [0.5, 0.6) is 0 Å². The molecule has 0 saturated carbocycles. The van der Waals surface area contributed by atoms with Gasteiger partial charge in [0.05, 0.1) is 23.1 Å². The Balaban J connectivity index is 2.24. The van der Waals surface area contributed by atoms with Crippen molar-refractivity contribution in [2.75, 3.05) is 10.7 Å². The van der Waals surface area contributed by atoms with Crippen molar-refractivity contribution in [1.82, 2.24) is 9.97 Å². The standard InChI is InChI=1S/C12H14N6O2/c1-8(9-3-2-4-14-7-9)15-11-5-10(18(19)20)6-12(16-11)17-13/h2-8H,13H2,1H3,(H2,15,16,17). The molecule has 0 saturated heterocycles. The number of nitrogens with two attached hydrogens (primary N) is 1. The highest BCUT2D eigenvalue weighted by atomic mass is 16.6. The fourth-order valence-electron chi connectivity index (χ4n) is 1.71. The molecule has 2 rings (SSSR count). The highest BCUT2D eigenvalue weighted by Gasteiger charge is 2.13. The lowest BCUT2D eigenvalue weighted by atomic mass is 10.1. The normalized spacial score (nSPS) is 11.7. The Morgan fingerprint density at radius 1 is 1.40 bits per heavy atom. The van der Waals surface area contributed by atoms with Crippen LogP contribution in [0, 0.1) is 10.1 Å². The Morgan fingerprint density at radius 2 is 2.15 bits per heavy atom. The molecule has 0 spiro atoms. The van der Waals surface area contributed by atoms with Crippen LogP contribution < -0.4 is 16.6 Å². The first-order valence-corrected chi connectivity index (χ1v) is 5.89. The van der Waals surface area contributed by atoms with E-state index in [1.807, 2.05) is 19.1 Å². The van der Waals surface area contributed by atoms with Gasteiger partial charge in [0.2, 0.25) is 0 Å². The zero-order valence-corrected chi connectivity index (χ0v) is 10.8. The van der Waals surface area contributed by atoms with Gasteiger partial charge in [-0.25, -0.2) is 10.8 Å². The third-order valence-electron chi connectivity index (χ3n) is 2.72. The molecule has 2 aromatic rings. The maximum atomic E-state index is 10.8. The van der Waals surface area contributed by atoms with Crippen LogP contribution in [0.25, 0.3) is 0 Å². The molecule has 8 nitrogen and oxygen atoms in total. The maximum Gasteiger partial charge on any atom is 0.276 e. The van der Waals surface area contributed by atoms with Crippen LogP contribution in [0.4, 0.5) is 17.3 Å². The van der Waals surface area contributed by atoms with Crippen molar-refractivity contribution in [2.45, 2.75) is 13.0 Å². The lowest BCUT2D eigenvalue weighted by Crippen LogP contribution is -2.12. The molecule has 0 aliphatic heterocycles. The Kier molecular flexibility index (Phi) is 4.06. The van der Waals surface area contributed by atoms with Gasteiger partial charge in [-0.3, -0.25) is 15.1 Å². The number of rotatable bonds is 5. The highest BCUT2D eigenvalue weighted by molar-refractivity contribution is 5.54. The average Bonchev–Trinajstić information content (AvgIpc) is 2.47. The van der Waals surface area contributed by atoms with Gasteiger partial charge in [-0.15, -0.1) is 0 Å². The van der Waals surface area contributed by atoms with E-state index >= 15 is 0 Å². The molecule has 0 radical (unpaired) electrons. The van der Waals surface area contributed by atoms with Crippen LogP contribution in [-0.2, 0) is 0 Å². The Labute approximate surface area is 115 Å². The van der Waals surface area contributed by atoms with E-state index in [1.165, 1.54) is 12.1 Å². The second-order valence-electron chi connectivity index (χ2n) is 4.15. The van der Waals surface area contributed by atoms with Crippen LogP contribution >= 0.6 is 0 Å². The van der Waals surface area contributed by atoms with E-state index < -0.39 is 4.92 Å². The van der Waals surface area contributed by atoms with Crippen LogP contribution in [0.3, 0.4) is 0 Å². The van der Waals surface area contributed by atoms with Crippen molar-refractivity contribution in [3.63, 3.8) is 0 Å². The molecule has 1 unspecified atom stereocenters. The van der Waals surface area contributed by atoms with Gasteiger partial charge in [-0.1, -0.05) is 6.07 Å². The number of pyridine rings is 2. The summed E-state index contributed by atoms with van der Waals surface area (Å²) in [6, 6.07) is 6.25. The summed E-state index contributed by atoms with van der Waals surface area (Å²) in [5.41, 5.74) is 3.17. The molecule has 0 aliphatic rings. The minimum atomic E-state index is -0.498. The molecular formula is C12H14N6O2. The van der Waals surface area contributed by atoms with E-state index in [4.69, 9.17) is 5.84 Å². The van der Waals surface area contributed by atoms with Crippen molar-refractivity contribution < 1.29 is 4.92 Å². The highest BCUT2D eigenvalue weighted by Crippen LogP contribution is 2.23. The number of anilines is 2. The van der Waals surface area contributed by atoms with E-state index in [2.05, 4.69) is 20.7 Å². The van der Waals surface area contributed by atoms with Crippen LogP contribution in [-0.4, -0.2) is 14.9 Å². The quantitative estimate of drug-likeness (QED) is 0.432. The second-order valence-corrected chi connectivity index (χ2v) is 4.15. The molecule has 0 amide bonds. The fourth-order valence-corrected chi connectivity index (χ4v) is 1.71. The molecule has 2 aromatic heterocycles. The molecule has 2 heterocycles. The van der Waals surface area contributed by atoms with Gasteiger partial charge in [0, 0.05) is 12.4 Å². The van der Waals surface area contributed by atoms with Gasteiger partial charge in [-0.2, -0.15) is 0 Å². The minimum Gasteiger partial charge on any atom is -0.363 e. The summed E-state index contributed by atoms with van der Waals surface area (Å²) in [4.78, 5) is 18.5. The van der Waals surface area contributed by atoms with Gasteiger partial charge in [-0.05, 0) is 18.6 Å². The Bertz CT molecular complexity index is 604. The van der Waals surface area contributed by atoms with E-state index in [0.717, 1.165) is 5.56 Å². The smallest absolute Gasteiger partial charge is 0.276 e. The third kappa shape index (κ3) is 3.18. The molecular weight excluding hydrogens is 260 g/mol. The van der Waals surface area contributed by atoms with Crippen molar-refractivity contribution in [1.29, 1.82) is 0 Å². The number of aromatic nitrogens is 2. The minimum absolute atomic E-state index is 0.0890. The fraction of sp³-hybridized carbons (Fsp3) is 0.167. The summed E-state index contributed by atoms with van der Waals surface area (Å²) in [6.45, 7) is 1.91. The van der Waals surface area contributed by atoms with Crippen molar-refractivity contribution in [3.8, 4) is 0 Å². The Hall–Kier alpha value is -2.74. The number of hydrogen-bond acceptors (Lipinski definition) is 7. The van der Waals surface area contributed by atoms with Gasteiger partial charge in [0.15, 0.2) is 0 Å². The van der Waals surface area contributed by atoms with Gasteiger partial charge in [0.1, 0.15) is 11.6 Å². The van der Waals surface area contributed by atoms with Crippen molar-refractivity contribution in [2.24, 2.45) is 5.84 Å². The third-order valence-corrected chi connectivity index (χ3v) is 2.72. The summed E-state index contributed by atoms with van der Waals surface area (Å²) in [7, 11) is 0. The predicted molar refractivity (Wildman–Crippen MR) is 75.0 cm³/mol. The number of nitrogens with zero attached hydrogens (tertiary/aromatic N) is 3. The first-order valence-electron chi connectivity index (χ1n) is 5.89. The summed E-state index contributed by atoms with van der Waals surface area (Å²) in [5.74, 6) is 5.84. The van der Waals surface area contributed by atoms with E-state index in [-0.39, 0.29) is 17.5 Å². The second kappa shape index (κ2) is 5.93. The van der Waals surface area contributed by atoms with Gasteiger partial charge < -0.3 is 10.7 Å². The molecule has 4 N–H and O–H groups in total. The summed E-state index contributed by atoms with van der Waals surface area (Å²) in [5, 5.41) is 13.9. The lowest BCUT2D eigenvalue weighted by molar-refractivity contribution is -0.384. The van der Waals surface area contributed by atoms with Crippen LogP contribution in [0.2, 0.25) is 0 Å². The topological polar surface area (TPSA) is 119 Å². The number of hydrogen-bond donors (Lipinski definition) is 3. The number of nitrogens with one attached hydrogen (secondary N) is 2. The predicted octanol–water partition coefficient (Wildman–Crippen LogP) is 1.84. The van der Waals surface area contributed by atoms with Gasteiger partial charge >= 0.3 is 0 Å². The molecule has 104 valence electrons. The molecule has 0 aliphatic carbocycles. The van der Waals surface area contributed by atoms with Crippen LogP contribution in [0.1, 0.15) is 18.5 Å². The molecule has 8 heteroatoms. The Morgan fingerprint density at radius 3 is 2.75 bits per heavy atom. The lowest BCUT2D eigenvalue weighted by Gasteiger charge is -2.15. The van der Waals surface area contributed by atoms with E-state index in [9.17, 15) is 10.1 Å². The summed E-state index contributed by atoms with van der Waals surface area (Å²) >= 11 is 0. The first-order chi connectivity index (χ1) is 9.60. The van der Waals surface area contributed by atoms with Crippen LogP contribution in [0.15, 0.2) is 36.7 Å². The molecule has 1 atom stereocenters. The average molecular weight is 274 g/mol. The SMILES string of the molecule is CC(Nc1cc([N+](=O)[O-])cc(NN)n1)c1cccnc1. The zero-order chi connectivity index (χ0) is 14.5. The maximum absolute atomic E-state index is 10.8. The summed E-state index contributed by atoms with van der Waals surface area (Å²) in [6.07, 6.45) is 3.40. The molecule has 0 fully saturated rings. The van der Waals surface area contributed by atoms with E-state index in [1.54, 1.807) is 12.4 Å². The number of nitrogen functional groups attached to an aromatic ring is 1. The van der Waals surface area contributed by atoms with E-state index in [0.29, 0.717) is 5.82 Å². The number of hydrazine groups is 1. The molecule has 20 heavy (non-hydrogen) atoms. The van der Waals surface area contributed by atoms with Gasteiger partial charge in [0.25, 0.3) is 5.69 Å². The number of nitro groups is 1. The monoisotopic (exact) mass is 274 g/mol. The summed E-state index contributed by atoms with van der Waals surface area (Å²) < 4.78 is 0. The van der Waals surface area contributed by atoms with Crippen molar-refractivity contribution in [3.05, 3.63) is 52.3 Å².